The van der Waals surface area contributed by atoms with E-state index in [2.05, 4.69) is 15.6 Å². The Balaban J connectivity index is 1.58. The summed E-state index contributed by atoms with van der Waals surface area (Å²) in [4.78, 5) is 17.2. The third kappa shape index (κ3) is 4.79. The van der Waals surface area contributed by atoms with Gasteiger partial charge < -0.3 is 24.8 Å². The van der Waals surface area contributed by atoms with E-state index in [9.17, 15) is 9.18 Å². The van der Waals surface area contributed by atoms with Crippen LogP contribution >= 0.6 is 0 Å². The second kappa shape index (κ2) is 9.44. The standard InChI is InChI=1S/C25H22FN3O4/c1-31-18-9-11-21(24(13-18)33-3)29-25(30)27-17-8-10-20-19(12-17)23(32-2)14-22(28-20)15-4-6-16(26)7-5-15/h4-14H,1-3H3,(H2,27,29,30). The number of benzene rings is 3. The van der Waals surface area contributed by atoms with Crippen LogP contribution < -0.4 is 24.8 Å². The highest BCUT2D eigenvalue weighted by Gasteiger charge is 2.12. The highest BCUT2D eigenvalue weighted by Crippen LogP contribution is 2.32. The lowest BCUT2D eigenvalue weighted by Gasteiger charge is -2.13. The Morgan fingerprint density at radius 3 is 2.27 bits per heavy atom. The Morgan fingerprint density at radius 1 is 0.818 bits per heavy atom. The summed E-state index contributed by atoms with van der Waals surface area (Å²) in [5, 5.41) is 6.29. The molecule has 2 N–H and O–H groups in total. The molecule has 0 aliphatic heterocycles. The first-order valence-corrected chi connectivity index (χ1v) is 10.1. The average Bonchev–Trinajstić information content (AvgIpc) is 2.84. The van der Waals surface area contributed by atoms with E-state index in [1.54, 1.807) is 68.8 Å². The maximum absolute atomic E-state index is 13.3. The predicted molar refractivity (Wildman–Crippen MR) is 126 cm³/mol. The molecule has 0 fully saturated rings. The minimum Gasteiger partial charge on any atom is -0.497 e. The van der Waals surface area contributed by atoms with Gasteiger partial charge in [0.15, 0.2) is 0 Å². The van der Waals surface area contributed by atoms with Gasteiger partial charge in [-0.05, 0) is 54.6 Å². The van der Waals surface area contributed by atoms with Crippen molar-refractivity contribution in [3.8, 4) is 28.5 Å². The van der Waals surface area contributed by atoms with Crippen molar-refractivity contribution >= 4 is 28.3 Å². The van der Waals surface area contributed by atoms with Gasteiger partial charge in [0.25, 0.3) is 0 Å². The summed E-state index contributed by atoms with van der Waals surface area (Å²) in [6.07, 6.45) is 0. The molecule has 0 atom stereocenters. The number of hydrogen-bond acceptors (Lipinski definition) is 5. The number of hydrogen-bond donors (Lipinski definition) is 2. The Bertz CT molecular complexity index is 1310. The van der Waals surface area contributed by atoms with E-state index in [4.69, 9.17) is 14.2 Å². The fourth-order valence-electron chi connectivity index (χ4n) is 3.40. The van der Waals surface area contributed by atoms with Crippen molar-refractivity contribution in [1.82, 2.24) is 4.98 Å². The van der Waals surface area contributed by atoms with E-state index in [-0.39, 0.29) is 5.82 Å². The summed E-state index contributed by atoms with van der Waals surface area (Å²) >= 11 is 0. The van der Waals surface area contributed by atoms with E-state index >= 15 is 0 Å². The number of halogens is 1. The van der Waals surface area contributed by atoms with Crippen LogP contribution in [0.15, 0.2) is 66.7 Å². The van der Waals surface area contributed by atoms with Gasteiger partial charge in [-0.2, -0.15) is 0 Å². The Hall–Kier alpha value is -4.33. The van der Waals surface area contributed by atoms with Gasteiger partial charge in [0, 0.05) is 28.8 Å². The SMILES string of the molecule is COc1ccc(NC(=O)Nc2ccc3nc(-c4ccc(F)cc4)cc(OC)c3c2)c(OC)c1. The Morgan fingerprint density at radius 2 is 1.58 bits per heavy atom. The monoisotopic (exact) mass is 447 g/mol. The number of anilines is 2. The molecule has 0 saturated heterocycles. The van der Waals surface area contributed by atoms with Crippen molar-refractivity contribution in [1.29, 1.82) is 0 Å². The minimum atomic E-state index is -0.437. The Labute approximate surface area is 190 Å². The van der Waals surface area contributed by atoms with Gasteiger partial charge in [0.1, 0.15) is 23.1 Å². The first-order valence-electron chi connectivity index (χ1n) is 10.1. The fraction of sp³-hybridized carbons (Fsp3) is 0.120. The molecule has 1 heterocycles. The van der Waals surface area contributed by atoms with Crippen molar-refractivity contribution in [2.45, 2.75) is 0 Å². The molecule has 1 aromatic heterocycles. The lowest BCUT2D eigenvalue weighted by atomic mass is 10.1. The highest BCUT2D eigenvalue weighted by atomic mass is 19.1. The quantitative estimate of drug-likeness (QED) is 0.396. The second-order valence-electron chi connectivity index (χ2n) is 7.09. The summed E-state index contributed by atoms with van der Waals surface area (Å²) in [6, 6.07) is 17.9. The van der Waals surface area contributed by atoms with Crippen molar-refractivity contribution in [3.05, 3.63) is 72.5 Å². The number of pyridine rings is 1. The molecule has 7 nitrogen and oxygen atoms in total. The van der Waals surface area contributed by atoms with Gasteiger partial charge in [-0.25, -0.2) is 14.2 Å². The van der Waals surface area contributed by atoms with Crippen LogP contribution in [0.4, 0.5) is 20.6 Å². The lowest BCUT2D eigenvalue weighted by molar-refractivity contribution is 0.262. The molecule has 33 heavy (non-hydrogen) atoms. The second-order valence-corrected chi connectivity index (χ2v) is 7.09. The van der Waals surface area contributed by atoms with Crippen LogP contribution in [0.2, 0.25) is 0 Å². The number of methoxy groups -OCH3 is 3. The highest BCUT2D eigenvalue weighted by molar-refractivity contribution is 6.02. The van der Waals surface area contributed by atoms with Gasteiger partial charge in [0.2, 0.25) is 0 Å². The molecule has 0 aliphatic carbocycles. The number of urea groups is 1. The van der Waals surface area contributed by atoms with Crippen LogP contribution in [0, 0.1) is 5.82 Å². The summed E-state index contributed by atoms with van der Waals surface area (Å²) in [6.45, 7) is 0. The summed E-state index contributed by atoms with van der Waals surface area (Å²) in [5.41, 5.74) is 3.16. The number of carbonyl (C=O) groups excluding carboxylic acids is 1. The Kier molecular flexibility index (Phi) is 6.26. The maximum Gasteiger partial charge on any atom is 0.323 e. The van der Waals surface area contributed by atoms with E-state index in [1.165, 1.54) is 19.2 Å². The number of ether oxygens (including phenoxy) is 3. The van der Waals surface area contributed by atoms with Gasteiger partial charge >= 0.3 is 6.03 Å². The topological polar surface area (TPSA) is 81.7 Å². The molecule has 0 aliphatic rings. The lowest BCUT2D eigenvalue weighted by Crippen LogP contribution is -2.19. The van der Waals surface area contributed by atoms with Crippen molar-refractivity contribution < 1.29 is 23.4 Å². The number of nitrogens with one attached hydrogen (secondary N) is 2. The number of amides is 2. The van der Waals surface area contributed by atoms with E-state index in [0.717, 1.165) is 10.9 Å². The molecule has 4 rings (SSSR count). The van der Waals surface area contributed by atoms with Crippen LogP contribution in [0.25, 0.3) is 22.2 Å². The largest absolute Gasteiger partial charge is 0.497 e. The molecule has 0 unspecified atom stereocenters. The minimum absolute atomic E-state index is 0.312. The third-order valence-corrected chi connectivity index (χ3v) is 5.05. The first kappa shape index (κ1) is 21.9. The van der Waals surface area contributed by atoms with Crippen molar-refractivity contribution in [3.63, 3.8) is 0 Å². The van der Waals surface area contributed by atoms with Crippen LogP contribution in [0.3, 0.4) is 0 Å². The summed E-state index contributed by atoms with van der Waals surface area (Å²) in [5.74, 6) is 1.36. The third-order valence-electron chi connectivity index (χ3n) is 5.05. The van der Waals surface area contributed by atoms with Gasteiger partial charge in [-0.15, -0.1) is 0 Å². The van der Waals surface area contributed by atoms with Gasteiger partial charge in [-0.1, -0.05) is 0 Å². The number of aromatic nitrogens is 1. The molecule has 0 radical (unpaired) electrons. The smallest absolute Gasteiger partial charge is 0.323 e. The van der Waals surface area contributed by atoms with Gasteiger partial charge in [-0.3, -0.25) is 0 Å². The van der Waals surface area contributed by atoms with Crippen LogP contribution in [-0.2, 0) is 0 Å². The number of carbonyl (C=O) groups is 1. The molecule has 0 saturated carbocycles. The molecule has 8 heteroatoms. The predicted octanol–water partition coefficient (Wildman–Crippen LogP) is 5.71. The van der Waals surface area contributed by atoms with Crippen molar-refractivity contribution in [2.24, 2.45) is 0 Å². The molecule has 168 valence electrons. The van der Waals surface area contributed by atoms with Crippen LogP contribution in [0.5, 0.6) is 17.2 Å². The fourth-order valence-corrected chi connectivity index (χ4v) is 3.40. The number of fused-ring (bicyclic) bond motifs is 1. The van der Waals surface area contributed by atoms with Crippen molar-refractivity contribution in [2.75, 3.05) is 32.0 Å². The van der Waals surface area contributed by atoms with E-state index < -0.39 is 6.03 Å². The molecule has 0 spiro atoms. The van der Waals surface area contributed by atoms with Crippen LogP contribution in [0.1, 0.15) is 0 Å². The molecular weight excluding hydrogens is 425 g/mol. The summed E-state index contributed by atoms with van der Waals surface area (Å²) in [7, 11) is 4.63. The summed E-state index contributed by atoms with van der Waals surface area (Å²) < 4.78 is 29.3. The normalized spacial score (nSPS) is 10.5. The first-order chi connectivity index (χ1) is 16.0. The zero-order chi connectivity index (χ0) is 23.4. The van der Waals surface area contributed by atoms with E-state index in [1.807, 2.05) is 0 Å². The molecule has 0 bridgehead atoms. The zero-order valence-electron chi connectivity index (χ0n) is 18.3. The average molecular weight is 447 g/mol. The number of nitrogens with zero attached hydrogens (tertiary/aromatic N) is 1. The number of rotatable bonds is 6. The molecule has 2 amide bonds. The molecular formula is C25H22FN3O4. The van der Waals surface area contributed by atoms with Crippen LogP contribution in [-0.4, -0.2) is 32.3 Å². The van der Waals surface area contributed by atoms with Gasteiger partial charge in [0.05, 0.1) is 38.2 Å². The van der Waals surface area contributed by atoms with E-state index in [0.29, 0.717) is 39.8 Å². The molecule has 3 aromatic carbocycles. The maximum atomic E-state index is 13.3. The molecule has 4 aromatic rings. The zero-order valence-corrected chi connectivity index (χ0v) is 18.3.